The molecule has 0 fully saturated rings. The van der Waals surface area contributed by atoms with Crippen molar-refractivity contribution in [2.24, 2.45) is 11.5 Å². The zero-order valence-corrected chi connectivity index (χ0v) is 32.6. The number of carboxylic acid groups (broad SMARTS) is 2. The topological polar surface area (TPSA) is 223 Å². The molecule has 0 aliphatic heterocycles. The first-order valence-electron chi connectivity index (χ1n) is 15.2. The Morgan fingerprint density at radius 2 is 1.46 bits per heavy atom. The fraction of sp³-hybridized carbons (Fsp3) is 0.433. The predicted molar refractivity (Wildman–Crippen MR) is 185 cm³/mol. The van der Waals surface area contributed by atoms with Crippen LogP contribution in [0, 0.1) is 24.1 Å². The first-order chi connectivity index (χ1) is 25.1. The van der Waals surface area contributed by atoms with Crippen LogP contribution in [-0.4, -0.2) is 107 Å². The van der Waals surface area contributed by atoms with Gasteiger partial charge in [0.1, 0.15) is 0 Å². The van der Waals surface area contributed by atoms with E-state index in [-0.39, 0.29) is 20.5 Å². The second kappa shape index (κ2) is 22.7. The molecular formula is C30H35AsF7N4O9PS2+. The number of carboxylic acids is 2. The molecule has 6 N–H and O–H groups in total. The molecule has 1 radical (unpaired) electrons. The summed E-state index contributed by atoms with van der Waals surface area (Å²) in [6.07, 6.45) is -7.45. The molecule has 13 nitrogen and oxygen atoms in total. The van der Waals surface area contributed by atoms with E-state index in [9.17, 15) is 43.7 Å². The Morgan fingerprint density at radius 3 is 1.94 bits per heavy atom. The van der Waals surface area contributed by atoms with Gasteiger partial charge in [-0.3, -0.25) is 0 Å². The number of aryl methyl sites for hydroxylation is 1. The monoisotopic (exact) mass is 898 g/mol. The van der Waals surface area contributed by atoms with Crippen LogP contribution >= 0.6 is 19.4 Å². The normalized spacial score (nSPS) is 12.1. The molecule has 3 aromatic rings. The number of alkyl halides is 6. The number of nitrogens with two attached hydrogens (primary N) is 2. The number of benzene rings is 2. The standard InChI is InChI=1S/C26H33AsFN4O5PS2.2C2HF3O2/c1-19-23-15-21(36-14-4-13-32(11-2-9-29)12-3-10-30)7-8-25(23)39-26(19)40(34,35)27-18-38(33)37-22-6-5-20(17-31)24(28)16-22;2*3-2(4,5)1(6)7/h5-8,15-16H,2-4,9-14,18,29-30H2,1H3;2*(H,6,7)/q+1;;. The van der Waals surface area contributed by atoms with Crippen LogP contribution in [0.2, 0.25) is 0 Å². The van der Waals surface area contributed by atoms with Crippen LogP contribution in [0.4, 0.5) is 30.7 Å². The van der Waals surface area contributed by atoms with Gasteiger partial charge in [0.15, 0.2) is 0 Å². The minimum Gasteiger partial charge on any atom is -0.475 e. The van der Waals surface area contributed by atoms with E-state index >= 15 is 0 Å². The average molecular weight is 899 g/mol. The van der Waals surface area contributed by atoms with Crippen LogP contribution in [0.15, 0.2) is 40.6 Å². The van der Waals surface area contributed by atoms with Crippen molar-refractivity contribution < 1.29 is 72.8 Å². The van der Waals surface area contributed by atoms with Crippen molar-refractivity contribution in [3.63, 3.8) is 0 Å². The smallest absolute Gasteiger partial charge is 0.475 e. The van der Waals surface area contributed by atoms with Crippen LogP contribution < -0.4 is 20.7 Å². The number of rotatable bonds is 17. The van der Waals surface area contributed by atoms with E-state index in [4.69, 9.17) is 45.8 Å². The summed E-state index contributed by atoms with van der Waals surface area (Å²) < 4.78 is 128. The van der Waals surface area contributed by atoms with Gasteiger partial charge in [-0.2, -0.15) is 26.3 Å². The van der Waals surface area contributed by atoms with Gasteiger partial charge in [-0.1, -0.05) is 0 Å². The molecule has 0 amide bonds. The molecule has 54 heavy (non-hydrogen) atoms. The molecule has 1 heterocycles. The van der Waals surface area contributed by atoms with Crippen molar-refractivity contribution >= 4 is 64.1 Å². The summed E-state index contributed by atoms with van der Waals surface area (Å²) in [5, 5.41) is 23.9. The van der Waals surface area contributed by atoms with Gasteiger partial charge in [-0.15, -0.1) is 0 Å². The number of aliphatic carboxylic acids is 2. The molecule has 0 aliphatic carbocycles. The number of fused-ring (bicyclic) bond motifs is 1. The first-order valence-corrected chi connectivity index (χ1v) is 22.5. The molecule has 0 bridgehead atoms. The predicted octanol–water partition coefficient (Wildman–Crippen LogP) is 5.43. The van der Waals surface area contributed by atoms with Crippen LogP contribution in [-0.2, 0) is 22.3 Å². The van der Waals surface area contributed by atoms with Gasteiger partial charge < -0.3 is 21.7 Å². The van der Waals surface area contributed by atoms with Gasteiger partial charge in [0.25, 0.3) is 0 Å². The molecule has 0 saturated heterocycles. The van der Waals surface area contributed by atoms with Crippen LogP contribution in [0.1, 0.15) is 30.4 Å². The van der Waals surface area contributed by atoms with E-state index < -0.39 is 60.8 Å². The van der Waals surface area contributed by atoms with E-state index in [0.717, 1.165) is 55.0 Å². The third kappa shape index (κ3) is 17.3. The third-order valence-electron chi connectivity index (χ3n) is 6.44. The van der Waals surface area contributed by atoms with Crippen molar-refractivity contribution in [1.82, 2.24) is 4.90 Å². The Labute approximate surface area is 315 Å². The number of nitriles is 1. The fourth-order valence-corrected chi connectivity index (χ4v) is 15.7. The maximum Gasteiger partial charge on any atom is 0.490 e. The number of hydrogen-bond acceptors (Lipinski definition) is 12. The summed E-state index contributed by atoms with van der Waals surface area (Å²) in [6.45, 7) is 6.36. The third-order valence-corrected chi connectivity index (χ3v) is 18.4. The number of hydrogen-bond donors (Lipinski definition) is 4. The maximum atomic E-state index is 13.8. The van der Waals surface area contributed by atoms with Crippen molar-refractivity contribution in [2.75, 3.05) is 44.3 Å². The summed E-state index contributed by atoms with van der Waals surface area (Å²) >= 11 is -0.210. The largest absolute Gasteiger partial charge is 0.490 e. The number of ether oxygens (including phenoxy) is 1. The molecule has 1 unspecified atom stereocenters. The van der Waals surface area contributed by atoms with Gasteiger partial charge in [0, 0.05) is 0 Å². The zero-order chi connectivity index (χ0) is 41.3. The zero-order valence-electron chi connectivity index (χ0n) is 28.2. The minimum atomic E-state index is -5.08. The number of thiophene rings is 1. The van der Waals surface area contributed by atoms with Crippen molar-refractivity contribution in [2.45, 2.75) is 42.7 Å². The summed E-state index contributed by atoms with van der Waals surface area (Å²) in [7, 11) is -6.02. The molecule has 3 rings (SSSR count). The number of halogens is 7. The van der Waals surface area contributed by atoms with Crippen LogP contribution in [0.25, 0.3) is 10.1 Å². The van der Waals surface area contributed by atoms with Crippen molar-refractivity contribution in [3.8, 4) is 17.6 Å². The molecule has 0 saturated carbocycles. The second-order valence-corrected chi connectivity index (χ2v) is 21.0. The summed E-state index contributed by atoms with van der Waals surface area (Å²) in [5.74, 6) is -5.65. The van der Waals surface area contributed by atoms with Crippen molar-refractivity contribution in [3.05, 3.63) is 53.3 Å². The van der Waals surface area contributed by atoms with Crippen LogP contribution in [0.3, 0.4) is 0 Å². The molecule has 0 spiro atoms. The Kier molecular flexibility index (Phi) is 20.4. The Balaban J connectivity index is 0.000000879. The van der Waals surface area contributed by atoms with E-state index in [2.05, 4.69) is 4.90 Å². The summed E-state index contributed by atoms with van der Waals surface area (Å²) in [4.78, 5) is 20.0. The molecule has 1 atom stereocenters. The van der Waals surface area contributed by atoms with Gasteiger partial charge in [0.2, 0.25) is 0 Å². The van der Waals surface area contributed by atoms with Gasteiger partial charge >= 0.3 is 233 Å². The first kappa shape index (κ1) is 48.4. The Hall–Kier alpha value is -3.57. The minimum absolute atomic E-state index is 0.0133. The van der Waals surface area contributed by atoms with Gasteiger partial charge in [-0.25, -0.2) is 9.59 Å². The van der Waals surface area contributed by atoms with Crippen LogP contribution in [0.5, 0.6) is 11.5 Å². The maximum absolute atomic E-state index is 13.8. The van der Waals surface area contributed by atoms with E-state index in [1.165, 1.54) is 23.5 Å². The average Bonchev–Trinajstić information content (AvgIpc) is 3.42. The molecular weight excluding hydrogens is 863 g/mol. The molecule has 2 aromatic carbocycles. The number of nitrogens with zero attached hydrogens (tertiary/aromatic N) is 2. The molecule has 24 heteroatoms. The van der Waals surface area contributed by atoms with E-state index in [0.29, 0.717) is 31.0 Å². The summed E-state index contributed by atoms with van der Waals surface area (Å²) in [5.41, 5.74) is 11.8. The quantitative estimate of drug-likeness (QED) is 0.0575. The molecule has 0 aliphatic rings. The fourth-order valence-electron chi connectivity index (χ4n) is 3.93. The number of carbonyl (C=O) groups is 2. The Bertz CT molecular complexity index is 1840. The van der Waals surface area contributed by atoms with E-state index in [1.54, 1.807) is 13.0 Å². The molecule has 299 valence electrons. The molecule has 1 aromatic heterocycles. The van der Waals surface area contributed by atoms with Gasteiger partial charge in [0.05, 0.1) is 0 Å². The van der Waals surface area contributed by atoms with Crippen molar-refractivity contribution in [1.29, 1.82) is 5.26 Å². The summed E-state index contributed by atoms with van der Waals surface area (Å²) in [6, 6.07) is 10.8. The Morgan fingerprint density at radius 1 is 0.944 bits per heavy atom. The van der Waals surface area contributed by atoms with Gasteiger partial charge in [-0.05, 0) is 25.9 Å². The second-order valence-electron chi connectivity index (χ2n) is 10.5. The van der Waals surface area contributed by atoms with E-state index in [1.807, 2.05) is 18.2 Å². The SMILES string of the molecule is Cc1c(S(=O)(=O)[As]C[P+](=O)Oc2ccc(C#N)c(F)c2)sc2ccc(OCCCN(CCCN)CCCN)cc12.O=C(O)C(F)(F)F.O=C(O)C(F)(F)F.